The van der Waals surface area contributed by atoms with Crippen LogP contribution in [0.25, 0.3) is 0 Å². The van der Waals surface area contributed by atoms with Crippen LogP contribution < -0.4 is 0 Å². The molecule has 6 nitrogen and oxygen atoms in total. The maximum absolute atomic E-state index is 11.5. The van der Waals surface area contributed by atoms with Gasteiger partial charge < -0.3 is 15.0 Å². The van der Waals surface area contributed by atoms with Crippen molar-refractivity contribution in [2.45, 2.75) is 38.2 Å². The summed E-state index contributed by atoms with van der Waals surface area (Å²) >= 11 is 0. The Morgan fingerprint density at radius 3 is 2.33 bits per heavy atom. The number of Topliss-reactive ketones (excluding diaryl/α,β-unsaturated/α-hetero) is 2. The first-order valence-corrected chi connectivity index (χ1v) is 5.72. The minimum atomic E-state index is -1.30. The molecule has 0 fully saturated rings. The minimum Gasteiger partial charge on any atom is -0.396 e. The summed E-state index contributed by atoms with van der Waals surface area (Å²) in [5, 5.41) is 18.0. The number of rotatable bonds is 11. The van der Waals surface area contributed by atoms with Crippen molar-refractivity contribution in [3.63, 3.8) is 0 Å². The standard InChI is InChI=1S/C12H17O6/c13-6-1-2-11(17)12(18)4-3-10(16)9(8-15)5-7-14/h6,9,12,14,18H,1-5,7H2. The van der Waals surface area contributed by atoms with Crippen molar-refractivity contribution in [1.29, 1.82) is 0 Å². The van der Waals surface area contributed by atoms with Crippen molar-refractivity contribution in [1.82, 2.24) is 0 Å². The van der Waals surface area contributed by atoms with Gasteiger partial charge in [-0.1, -0.05) is 0 Å². The average molecular weight is 257 g/mol. The highest BCUT2D eigenvalue weighted by molar-refractivity contribution is 5.94. The zero-order chi connectivity index (χ0) is 14.0. The third kappa shape index (κ3) is 6.36. The highest BCUT2D eigenvalue weighted by Gasteiger charge is 2.21. The van der Waals surface area contributed by atoms with Crippen LogP contribution in [-0.4, -0.2) is 47.1 Å². The van der Waals surface area contributed by atoms with Gasteiger partial charge >= 0.3 is 0 Å². The molecule has 0 rings (SSSR count). The topological polar surface area (TPSA) is 109 Å². The van der Waals surface area contributed by atoms with Gasteiger partial charge in [0, 0.05) is 25.9 Å². The fourth-order valence-electron chi connectivity index (χ4n) is 1.40. The van der Waals surface area contributed by atoms with Gasteiger partial charge in [0.05, 0.1) is 5.92 Å². The first-order chi connectivity index (χ1) is 8.56. The van der Waals surface area contributed by atoms with E-state index in [1.165, 1.54) is 6.29 Å². The summed E-state index contributed by atoms with van der Waals surface area (Å²) in [6.45, 7) is -0.299. The molecule has 0 saturated carbocycles. The van der Waals surface area contributed by atoms with E-state index in [9.17, 15) is 24.3 Å². The van der Waals surface area contributed by atoms with Gasteiger partial charge in [-0.2, -0.15) is 0 Å². The van der Waals surface area contributed by atoms with E-state index in [4.69, 9.17) is 5.11 Å². The van der Waals surface area contributed by atoms with Crippen LogP contribution in [-0.2, 0) is 19.2 Å². The van der Waals surface area contributed by atoms with E-state index in [1.54, 1.807) is 0 Å². The van der Waals surface area contributed by atoms with E-state index in [2.05, 4.69) is 0 Å². The second kappa shape index (κ2) is 9.61. The first kappa shape index (κ1) is 16.6. The lowest BCUT2D eigenvalue weighted by molar-refractivity contribution is -0.129. The lowest BCUT2D eigenvalue weighted by Gasteiger charge is -2.10. The predicted molar refractivity (Wildman–Crippen MR) is 61.4 cm³/mol. The molecule has 0 spiro atoms. The van der Waals surface area contributed by atoms with Gasteiger partial charge in [0.2, 0.25) is 6.29 Å². The number of carbonyl (C=O) groups excluding carboxylic acids is 4. The zero-order valence-corrected chi connectivity index (χ0v) is 10.0. The maximum atomic E-state index is 11.5. The largest absolute Gasteiger partial charge is 0.396 e. The Labute approximate surface area is 105 Å². The van der Waals surface area contributed by atoms with Gasteiger partial charge in [0.25, 0.3) is 0 Å². The number of aliphatic hydroxyl groups is 2. The Bertz CT molecular complexity index is 299. The van der Waals surface area contributed by atoms with Gasteiger partial charge in [0.15, 0.2) is 5.78 Å². The summed E-state index contributed by atoms with van der Waals surface area (Å²) in [4.78, 5) is 43.2. The Kier molecular flexibility index (Phi) is 8.86. The van der Waals surface area contributed by atoms with Crippen LogP contribution in [0.1, 0.15) is 32.1 Å². The molecule has 0 aromatic carbocycles. The Morgan fingerprint density at radius 1 is 1.17 bits per heavy atom. The summed E-state index contributed by atoms with van der Waals surface area (Å²) in [6.07, 6.45) is 0.567. The monoisotopic (exact) mass is 257 g/mol. The zero-order valence-electron chi connectivity index (χ0n) is 10.0. The van der Waals surface area contributed by atoms with Crippen molar-refractivity contribution in [2.75, 3.05) is 6.61 Å². The Hall–Kier alpha value is -1.40. The van der Waals surface area contributed by atoms with Crippen LogP contribution in [0.4, 0.5) is 0 Å². The van der Waals surface area contributed by atoms with E-state index in [-0.39, 0.29) is 38.7 Å². The third-order valence-corrected chi connectivity index (χ3v) is 2.49. The molecule has 101 valence electrons. The molecule has 1 radical (unpaired) electrons. The van der Waals surface area contributed by atoms with Crippen molar-refractivity contribution in [3.05, 3.63) is 0 Å². The summed E-state index contributed by atoms with van der Waals surface area (Å²) in [5.74, 6) is -1.96. The molecule has 2 atom stereocenters. The number of hydrogen-bond acceptors (Lipinski definition) is 6. The molecule has 0 aliphatic rings. The summed E-state index contributed by atoms with van der Waals surface area (Å²) in [7, 11) is 0. The second-order valence-electron chi connectivity index (χ2n) is 3.88. The lowest BCUT2D eigenvalue weighted by atomic mass is 9.96. The Balaban J connectivity index is 4.06. The normalized spacial score (nSPS) is 13.7. The van der Waals surface area contributed by atoms with Crippen molar-refractivity contribution < 1.29 is 29.4 Å². The molecule has 2 unspecified atom stereocenters. The fourth-order valence-corrected chi connectivity index (χ4v) is 1.40. The molecule has 2 N–H and O–H groups in total. The minimum absolute atomic E-state index is 0.00246. The van der Waals surface area contributed by atoms with E-state index < -0.39 is 23.6 Å². The lowest BCUT2D eigenvalue weighted by Crippen LogP contribution is -2.24. The predicted octanol–water partition coefficient (Wildman–Crippen LogP) is -0.647. The van der Waals surface area contributed by atoms with E-state index in [0.29, 0.717) is 6.29 Å². The molecule has 18 heavy (non-hydrogen) atoms. The molecule has 0 aromatic rings. The van der Waals surface area contributed by atoms with Crippen LogP contribution in [0.2, 0.25) is 0 Å². The van der Waals surface area contributed by atoms with Crippen molar-refractivity contribution in [3.8, 4) is 0 Å². The number of ketones is 2. The molecular formula is C12H17O6. The average Bonchev–Trinajstić information content (AvgIpc) is 2.38. The molecule has 0 bridgehead atoms. The van der Waals surface area contributed by atoms with Gasteiger partial charge in [-0.25, -0.2) is 0 Å². The third-order valence-electron chi connectivity index (χ3n) is 2.49. The van der Waals surface area contributed by atoms with E-state index >= 15 is 0 Å². The fraction of sp³-hybridized carbons (Fsp3) is 0.667. The quantitative estimate of drug-likeness (QED) is 0.376. The SMILES string of the molecule is O=[C]C(CCO)C(=O)CCC(O)C(=O)CCC=O. The molecule has 0 aliphatic heterocycles. The van der Waals surface area contributed by atoms with Crippen LogP contribution >= 0.6 is 0 Å². The van der Waals surface area contributed by atoms with Crippen molar-refractivity contribution in [2.24, 2.45) is 5.92 Å². The highest BCUT2D eigenvalue weighted by atomic mass is 16.3. The smallest absolute Gasteiger partial charge is 0.209 e. The number of hydrogen-bond donors (Lipinski definition) is 2. The van der Waals surface area contributed by atoms with E-state index in [0.717, 1.165) is 0 Å². The van der Waals surface area contributed by atoms with Crippen LogP contribution in [0.15, 0.2) is 0 Å². The number of aliphatic hydroxyl groups excluding tert-OH is 2. The number of aldehydes is 1. The Morgan fingerprint density at radius 2 is 1.83 bits per heavy atom. The summed E-state index contributed by atoms with van der Waals surface area (Å²) in [6, 6.07) is 0. The van der Waals surface area contributed by atoms with Crippen LogP contribution in [0, 0.1) is 5.92 Å². The molecule has 0 aromatic heterocycles. The summed E-state index contributed by atoms with van der Waals surface area (Å²) < 4.78 is 0. The van der Waals surface area contributed by atoms with E-state index in [1.807, 2.05) is 0 Å². The second-order valence-corrected chi connectivity index (χ2v) is 3.88. The van der Waals surface area contributed by atoms with Gasteiger partial charge in [-0.05, 0) is 12.8 Å². The van der Waals surface area contributed by atoms with Crippen LogP contribution in [0.3, 0.4) is 0 Å². The molecule has 0 saturated heterocycles. The maximum Gasteiger partial charge on any atom is 0.209 e. The van der Waals surface area contributed by atoms with Crippen LogP contribution in [0.5, 0.6) is 0 Å². The van der Waals surface area contributed by atoms with Gasteiger partial charge in [-0.3, -0.25) is 14.4 Å². The summed E-state index contributed by atoms with van der Waals surface area (Å²) in [5.41, 5.74) is 0. The van der Waals surface area contributed by atoms with Gasteiger partial charge in [0.1, 0.15) is 18.2 Å². The molecule has 0 amide bonds. The molecule has 6 heteroatoms. The first-order valence-electron chi connectivity index (χ1n) is 5.72. The number of carbonyl (C=O) groups is 3. The highest BCUT2D eigenvalue weighted by Crippen LogP contribution is 2.09. The van der Waals surface area contributed by atoms with Crippen molar-refractivity contribution >= 4 is 24.1 Å². The van der Waals surface area contributed by atoms with Gasteiger partial charge in [-0.15, -0.1) is 0 Å². The molecule has 0 aliphatic carbocycles. The molecular weight excluding hydrogens is 240 g/mol. The molecule has 0 heterocycles.